The van der Waals surface area contributed by atoms with Crippen molar-refractivity contribution < 1.29 is 5.11 Å². The Morgan fingerprint density at radius 3 is 3.05 bits per heavy atom. The normalized spacial score (nSPS) is 20.2. The van der Waals surface area contributed by atoms with Gasteiger partial charge in [-0.15, -0.1) is 0 Å². The SMILES string of the molecule is Cc1ccn2c(=O)cc(CN3CCC(O)C3)nc2c1. The number of hydrogen-bond acceptors (Lipinski definition) is 4. The molecule has 1 aliphatic rings. The first-order valence-corrected chi connectivity index (χ1v) is 6.51. The number of aryl methyl sites for hydroxylation is 1. The fraction of sp³-hybridized carbons (Fsp3) is 0.429. The van der Waals surface area contributed by atoms with Gasteiger partial charge in [0.25, 0.3) is 5.56 Å². The molecule has 1 fully saturated rings. The number of aromatic nitrogens is 2. The maximum Gasteiger partial charge on any atom is 0.258 e. The van der Waals surface area contributed by atoms with Crippen molar-refractivity contribution in [3.8, 4) is 0 Å². The Bertz CT molecular complexity index is 665. The van der Waals surface area contributed by atoms with Gasteiger partial charge in [-0.3, -0.25) is 14.1 Å². The van der Waals surface area contributed by atoms with Crippen LogP contribution >= 0.6 is 0 Å². The topological polar surface area (TPSA) is 57.8 Å². The molecule has 1 unspecified atom stereocenters. The average Bonchev–Trinajstić information content (AvgIpc) is 2.74. The third kappa shape index (κ3) is 2.52. The number of pyridine rings is 1. The summed E-state index contributed by atoms with van der Waals surface area (Å²) in [6, 6.07) is 5.38. The van der Waals surface area contributed by atoms with Crippen molar-refractivity contribution in [2.24, 2.45) is 0 Å². The highest BCUT2D eigenvalue weighted by Crippen LogP contribution is 2.12. The fourth-order valence-corrected chi connectivity index (χ4v) is 2.52. The molecule has 3 heterocycles. The van der Waals surface area contributed by atoms with Gasteiger partial charge in [0, 0.05) is 31.9 Å². The highest BCUT2D eigenvalue weighted by molar-refractivity contribution is 5.41. The molecule has 1 atom stereocenters. The number of aliphatic hydroxyl groups excluding tert-OH is 1. The largest absolute Gasteiger partial charge is 0.392 e. The lowest BCUT2D eigenvalue weighted by Crippen LogP contribution is -2.24. The van der Waals surface area contributed by atoms with Crippen LogP contribution in [0.25, 0.3) is 5.65 Å². The van der Waals surface area contributed by atoms with Gasteiger partial charge in [0.05, 0.1) is 11.8 Å². The smallest absolute Gasteiger partial charge is 0.258 e. The van der Waals surface area contributed by atoms with Crippen molar-refractivity contribution in [3.63, 3.8) is 0 Å². The molecule has 5 heteroatoms. The molecule has 1 N–H and O–H groups in total. The molecule has 0 aliphatic carbocycles. The molecule has 2 aromatic rings. The third-order valence-electron chi connectivity index (χ3n) is 3.51. The summed E-state index contributed by atoms with van der Waals surface area (Å²) in [5.41, 5.74) is 2.48. The monoisotopic (exact) mass is 259 g/mol. The van der Waals surface area contributed by atoms with E-state index in [0.29, 0.717) is 18.7 Å². The second-order valence-corrected chi connectivity index (χ2v) is 5.20. The van der Waals surface area contributed by atoms with E-state index in [4.69, 9.17) is 0 Å². The first-order chi connectivity index (χ1) is 9.11. The van der Waals surface area contributed by atoms with Crippen LogP contribution in [0, 0.1) is 6.92 Å². The summed E-state index contributed by atoms with van der Waals surface area (Å²) >= 11 is 0. The first kappa shape index (κ1) is 12.3. The molecular formula is C14H17N3O2. The lowest BCUT2D eigenvalue weighted by Gasteiger charge is -2.14. The van der Waals surface area contributed by atoms with Gasteiger partial charge in [-0.1, -0.05) is 0 Å². The molecule has 5 nitrogen and oxygen atoms in total. The molecule has 100 valence electrons. The molecule has 19 heavy (non-hydrogen) atoms. The molecule has 3 rings (SSSR count). The van der Waals surface area contributed by atoms with E-state index in [0.717, 1.165) is 24.2 Å². The van der Waals surface area contributed by atoms with Gasteiger partial charge in [0.2, 0.25) is 0 Å². The zero-order valence-electron chi connectivity index (χ0n) is 10.9. The lowest BCUT2D eigenvalue weighted by molar-refractivity contribution is 0.174. The van der Waals surface area contributed by atoms with Gasteiger partial charge in [-0.2, -0.15) is 0 Å². The van der Waals surface area contributed by atoms with Crippen molar-refractivity contribution in [1.29, 1.82) is 0 Å². The van der Waals surface area contributed by atoms with Gasteiger partial charge >= 0.3 is 0 Å². The first-order valence-electron chi connectivity index (χ1n) is 6.51. The van der Waals surface area contributed by atoms with Crippen molar-refractivity contribution in [3.05, 3.63) is 46.0 Å². The standard InChI is InChI=1S/C14H17N3O2/c1-10-2-5-17-13(6-10)15-11(7-14(17)19)8-16-4-3-12(18)9-16/h2,5-7,12,18H,3-4,8-9H2,1H3. The summed E-state index contributed by atoms with van der Waals surface area (Å²) in [5.74, 6) is 0. The zero-order valence-corrected chi connectivity index (χ0v) is 10.9. The number of hydrogen-bond donors (Lipinski definition) is 1. The zero-order chi connectivity index (χ0) is 13.4. The number of likely N-dealkylation sites (tertiary alicyclic amines) is 1. The maximum absolute atomic E-state index is 12.0. The van der Waals surface area contributed by atoms with Gasteiger partial charge in [0.15, 0.2) is 0 Å². The van der Waals surface area contributed by atoms with Gasteiger partial charge < -0.3 is 5.11 Å². The highest BCUT2D eigenvalue weighted by Gasteiger charge is 2.20. The van der Waals surface area contributed by atoms with Crippen LogP contribution in [0.1, 0.15) is 17.7 Å². The van der Waals surface area contributed by atoms with E-state index < -0.39 is 0 Å². The number of nitrogens with zero attached hydrogens (tertiary/aromatic N) is 3. The van der Waals surface area contributed by atoms with E-state index in [1.165, 1.54) is 0 Å². The van der Waals surface area contributed by atoms with Crippen molar-refractivity contribution in [2.75, 3.05) is 13.1 Å². The molecule has 0 aromatic carbocycles. The van der Waals surface area contributed by atoms with Gasteiger partial charge in [0.1, 0.15) is 5.65 Å². The molecule has 0 bridgehead atoms. The predicted octanol–water partition coefficient (Wildman–Crippen LogP) is 0.570. The number of β-amino-alcohol motifs (C(OH)–C–C–N with tert-alkyl or cyclic N) is 1. The van der Waals surface area contributed by atoms with E-state index in [1.807, 2.05) is 19.1 Å². The summed E-state index contributed by atoms with van der Waals surface area (Å²) < 4.78 is 1.55. The second kappa shape index (κ2) is 4.75. The van der Waals surface area contributed by atoms with Crippen LogP contribution in [0.3, 0.4) is 0 Å². The number of rotatable bonds is 2. The summed E-state index contributed by atoms with van der Waals surface area (Å²) in [5, 5.41) is 9.51. The molecule has 0 saturated carbocycles. The van der Waals surface area contributed by atoms with E-state index >= 15 is 0 Å². The summed E-state index contributed by atoms with van der Waals surface area (Å²) in [6.45, 7) is 4.12. The summed E-state index contributed by atoms with van der Waals surface area (Å²) in [4.78, 5) is 18.7. The minimum atomic E-state index is -0.246. The minimum Gasteiger partial charge on any atom is -0.392 e. The molecule has 1 saturated heterocycles. The van der Waals surface area contributed by atoms with Crippen LogP contribution in [0.4, 0.5) is 0 Å². The molecule has 1 aliphatic heterocycles. The summed E-state index contributed by atoms with van der Waals surface area (Å²) in [7, 11) is 0. The highest BCUT2D eigenvalue weighted by atomic mass is 16.3. The second-order valence-electron chi connectivity index (χ2n) is 5.20. The Labute approximate surface area is 111 Å². The Balaban J connectivity index is 1.94. The van der Waals surface area contributed by atoms with Crippen LogP contribution in [-0.4, -0.2) is 38.6 Å². The van der Waals surface area contributed by atoms with Gasteiger partial charge in [-0.25, -0.2) is 4.98 Å². The Morgan fingerprint density at radius 1 is 1.47 bits per heavy atom. The molecular weight excluding hydrogens is 242 g/mol. The van der Waals surface area contributed by atoms with Crippen molar-refractivity contribution in [1.82, 2.24) is 14.3 Å². The fourth-order valence-electron chi connectivity index (χ4n) is 2.52. The maximum atomic E-state index is 12.0. The van der Waals surface area contributed by atoms with E-state index in [-0.39, 0.29) is 11.7 Å². The molecule has 0 radical (unpaired) electrons. The Hall–Kier alpha value is -1.72. The van der Waals surface area contributed by atoms with Crippen molar-refractivity contribution in [2.45, 2.75) is 26.0 Å². The van der Waals surface area contributed by atoms with Crippen LogP contribution in [0.5, 0.6) is 0 Å². The quantitative estimate of drug-likeness (QED) is 0.856. The van der Waals surface area contributed by atoms with Crippen LogP contribution < -0.4 is 5.56 Å². The average molecular weight is 259 g/mol. The van der Waals surface area contributed by atoms with E-state index in [9.17, 15) is 9.90 Å². The molecule has 0 amide bonds. The number of fused-ring (bicyclic) bond motifs is 1. The van der Waals surface area contributed by atoms with Gasteiger partial charge in [-0.05, 0) is 31.0 Å². The van der Waals surface area contributed by atoms with Crippen molar-refractivity contribution >= 4 is 5.65 Å². The minimum absolute atomic E-state index is 0.0558. The van der Waals surface area contributed by atoms with Crippen LogP contribution in [-0.2, 0) is 6.54 Å². The van der Waals surface area contributed by atoms with Crippen LogP contribution in [0.15, 0.2) is 29.2 Å². The summed E-state index contributed by atoms with van der Waals surface area (Å²) in [6.07, 6.45) is 2.30. The third-order valence-corrected chi connectivity index (χ3v) is 3.51. The molecule has 2 aromatic heterocycles. The van der Waals surface area contributed by atoms with Crippen LogP contribution in [0.2, 0.25) is 0 Å². The Kier molecular flexibility index (Phi) is 3.08. The lowest BCUT2D eigenvalue weighted by atomic mass is 10.3. The Morgan fingerprint density at radius 2 is 2.32 bits per heavy atom. The number of aliphatic hydroxyl groups is 1. The molecule has 0 spiro atoms. The van der Waals surface area contributed by atoms with E-state index in [2.05, 4.69) is 9.88 Å². The van der Waals surface area contributed by atoms with E-state index in [1.54, 1.807) is 16.7 Å². The predicted molar refractivity (Wildman–Crippen MR) is 72.1 cm³/mol.